The van der Waals surface area contributed by atoms with E-state index in [-0.39, 0.29) is 18.1 Å². The van der Waals surface area contributed by atoms with Crippen LogP contribution in [0.15, 0.2) is 29.8 Å². The molecule has 1 aliphatic heterocycles. The first kappa shape index (κ1) is 16.1. The van der Waals surface area contributed by atoms with Crippen LogP contribution in [-0.4, -0.2) is 27.3 Å². The number of piperidine rings is 1. The van der Waals surface area contributed by atoms with Gasteiger partial charge >= 0.3 is 6.03 Å². The number of hydrogen-bond acceptors (Lipinski definition) is 3. The molecule has 3 heterocycles. The third-order valence-electron chi connectivity index (χ3n) is 4.56. The number of aromatic nitrogens is 2. The van der Waals surface area contributed by atoms with Crippen molar-refractivity contribution in [3.8, 4) is 0 Å². The summed E-state index contributed by atoms with van der Waals surface area (Å²) in [5.74, 6) is 0. The summed E-state index contributed by atoms with van der Waals surface area (Å²) in [6, 6.07) is 6.40. The SMILES string of the molecule is CCC(NC(=O)N1CCCCC1c1ccnn1C)c1cccs1. The van der Waals surface area contributed by atoms with Crippen LogP contribution in [0.5, 0.6) is 0 Å². The molecule has 1 saturated heterocycles. The molecule has 124 valence electrons. The number of hydrogen-bond donors (Lipinski definition) is 1. The van der Waals surface area contributed by atoms with E-state index in [2.05, 4.69) is 28.8 Å². The molecule has 2 unspecified atom stereocenters. The molecular weight excluding hydrogens is 308 g/mol. The average Bonchev–Trinajstić information content (AvgIpc) is 3.24. The number of nitrogens with zero attached hydrogens (tertiary/aromatic N) is 3. The molecule has 23 heavy (non-hydrogen) atoms. The molecule has 1 N–H and O–H groups in total. The predicted octanol–water partition coefficient (Wildman–Crippen LogP) is 3.87. The van der Waals surface area contributed by atoms with Gasteiger partial charge in [-0.2, -0.15) is 5.10 Å². The molecule has 2 atom stereocenters. The van der Waals surface area contributed by atoms with Crippen LogP contribution in [0.1, 0.15) is 55.3 Å². The Labute approximate surface area is 141 Å². The van der Waals surface area contributed by atoms with Gasteiger partial charge in [0.15, 0.2) is 0 Å². The van der Waals surface area contributed by atoms with Crippen LogP contribution in [0, 0.1) is 0 Å². The number of carbonyl (C=O) groups excluding carboxylic acids is 1. The van der Waals surface area contributed by atoms with Crippen molar-refractivity contribution in [3.63, 3.8) is 0 Å². The molecule has 0 radical (unpaired) electrons. The molecule has 1 fully saturated rings. The Kier molecular flexibility index (Phi) is 5.00. The molecule has 2 amide bonds. The van der Waals surface area contributed by atoms with Crippen molar-refractivity contribution in [1.82, 2.24) is 20.0 Å². The van der Waals surface area contributed by atoms with Gasteiger partial charge in [0.1, 0.15) is 0 Å². The zero-order chi connectivity index (χ0) is 16.2. The minimum Gasteiger partial charge on any atom is -0.330 e. The Morgan fingerprint density at radius 2 is 2.35 bits per heavy atom. The first-order chi connectivity index (χ1) is 11.2. The first-order valence-electron chi connectivity index (χ1n) is 8.29. The molecule has 2 aromatic rings. The quantitative estimate of drug-likeness (QED) is 0.924. The van der Waals surface area contributed by atoms with E-state index in [4.69, 9.17) is 0 Å². The third-order valence-corrected chi connectivity index (χ3v) is 5.54. The maximum atomic E-state index is 12.9. The van der Waals surface area contributed by atoms with Gasteiger partial charge < -0.3 is 10.2 Å². The highest BCUT2D eigenvalue weighted by atomic mass is 32.1. The van der Waals surface area contributed by atoms with E-state index in [1.165, 1.54) is 4.88 Å². The highest BCUT2D eigenvalue weighted by Gasteiger charge is 2.30. The van der Waals surface area contributed by atoms with Crippen LogP contribution in [0.2, 0.25) is 0 Å². The van der Waals surface area contributed by atoms with E-state index in [0.717, 1.165) is 37.9 Å². The molecule has 0 spiro atoms. The number of nitrogens with one attached hydrogen (secondary N) is 1. The summed E-state index contributed by atoms with van der Waals surface area (Å²) in [6.45, 7) is 2.92. The highest BCUT2D eigenvalue weighted by molar-refractivity contribution is 7.10. The average molecular weight is 332 g/mol. The normalized spacial score (nSPS) is 19.6. The molecule has 0 aliphatic carbocycles. The van der Waals surface area contributed by atoms with Crippen LogP contribution < -0.4 is 5.32 Å². The lowest BCUT2D eigenvalue weighted by Crippen LogP contribution is -2.46. The Balaban J connectivity index is 1.75. The molecule has 0 saturated carbocycles. The number of rotatable bonds is 4. The number of carbonyl (C=O) groups is 1. The standard InChI is InChI=1S/C17H24N4OS/c1-3-13(16-8-6-12-23-16)19-17(22)21-11-5-4-7-15(21)14-9-10-18-20(14)2/h6,8-10,12-13,15H,3-5,7,11H2,1-2H3,(H,19,22). The molecular formula is C17H24N4OS. The topological polar surface area (TPSA) is 50.2 Å². The Morgan fingerprint density at radius 1 is 1.48 bits per heavy atom. The van der Waals surface area contributed by atoms with Gasteiger partial charge in [-0.1, -0.05) is 13.0 Å². The molecule has 3 rings (SSSR count). The van der Waals surface area contributed by atoms with Crippen molar-refractivity contribution >= 4 is 17.4 Å². The van der Waals surface area contributed by atoms with E-state index >= 15 is 0 Å². The summed E-state index contributed by atoms with van der Waals surface area (Å²) in [5, 5.41) is 9.54. The maximum Gasteiger partial charge on any atom is 0.318 e. The monoisotopic (exact) mass is 332 g/mol. The van der Waals surface area contributed by atoms with Gasteiger partial charge in [-0.05, 0) is 43.2 Å². The van der Waals surface area contributed by atoms with Crippen molar-refractivity contribution in [1.29, 1.82) is 0 Å². The number of thiophene rings is 1. The lowest BCUT2D eigenvalue weighted by Gasteiger charge is -2.36. The van der Waals surface area contributed by atoms with Crippen LogP contribution >= 0.6 is 11.3 Å². The van der Waals surface area contributed by atoms with E-state index in [1.54, 1.807) is 17.5 Å². The van der Waals surface area contributed by atoms with Crippen LogP contribution in [0.3, 0.4) is 0 Å². The number of amides is 2. The van der Waals surface area contributed by atoms with Gasteiger partial charge in [-0.15, -0.1) is 11.3 Å². The molecule has 0 bridgehead atoms. The van der Waals surface area contributed by atoms with Crippen molar-refractivity contribution in [2.45, 2.75) is 44.7 Å². The van der Waals surface area contributed by atoms with Crippen LogP contribution in [0.25, 0.3) is 0 Å². The Morgan fingerprint density at radius 3 is 3.00 bits per heavy atom. The summed E-state index contributed by atoms with van der Waals surface area (Å²) < 4.78 is 1.88. The van der Waals surface area contributed by atoms with Crippen LogP contribution in [0.4, 0.5) is 4.79 Å². The van der Waals surface area contributed by atoms with Gasteiger partial charge in [-0.25, -0.2) is 4.79 Å². The Bertz CT molecular complexity index is 637. The van der Waals surface area contributed by atoms with Crippen molar-refractivity contribution < 1.29 is 4.79 Å². The van der Waals surface area contributed by atoms with Crippen LogP contribution in [-0.2, 0) is 7.05 Å². The fourth-order valence-corrected chi connectivity index (χ4v) is 4.15. The minimum absolute atomic E-state index is 0.0381. The highest BCUT2D eigenvalue weighted by Crippen LogP contribution is 2.31. The lowest BCUT2D eigenvalue weighted by atomic mass is 9.99. The number of likely N-dealkylation sites (tertiary alicyclic amines) is 1. The first-order valence-corrected chi connectivity index (χ1v) is 9.17. The summed E-state index contributed by atoms with van der Waals surface area (Å²) in [4.78, 5) is 16.1. The second kappa shape index (κ2) is 7.17. The van der Waals surface area contributed by atoms with Crippen molar-refractivity contribution in [2.75, 3.05) is 6.54 Å². The molecule has 0 aromatic carbocycles. The van der Waals surface area contributed by atoms with E-state index in [1.807, 2.05) is 28.8 Å². The van der Waals surface area contributed by atoms with E-state index < -0.39 is 0 Å². The predicted molar refractivity (Wildman–Crippen MR) is 92.4 cm³/mol. The summed E-state index contributed by atoms with van der Waals surface area (Å²) in [7, 11) is 1.94. The minimum atomic E-state index is 0.0381. The maximum absolute atomic E-state index is 12.9. The van der Waals surface area contributed by atoms with E-state index in [9.17, 15) is 4.79 Å². The zero-order valence-electron chi connectivity index (χ0n) is 13.7. The Hall–Kier alpha value is -1.82. The van der Waals surface area contributed by atoms with Crippen molar-refractivity contribution in [2.24, 2.45) is 7.05 Å². The molecule has 1 aliphatic rings. The lowest BCUT2D eigenvalue weighted by molar-refractivity contribution is 0.144. The third kappa shape index (κ3) is 3.42. The molecule has 2 aromatic heterocycles. The summed E-state index contributed by atoms with van der Waals surface area (Å²) >= 11 is 1.70. The second-order valence-electron chi connectivity index (χ2n) is 6.01. The second-order valence-corrected chi connectivity index (χ2v) is 6.99. The molecule has 5 nitrogen and oxygen atoms in total. The van der Waals surface area contributed by atoms with E-state index in [0.29, 0.717) is 0 Å². The molecule has 6 heteroatoms. The van der Waals surface area contributed by atoms with Gasteiger partial charge in [0.05, 0.1) is 17.8 Å². The zero-order valence-corrected chi connectivity index (χ0v) is 14.6. The fraction of sp³-hybridized carbons (Fsp3) is 0.529. The van der Waals surface area contributed by atoms with Gasteiger partial charge in [0.25, 0.3) is 0 Å². The van der Waals surface area contributed by atoms with Crippen molar-refractivity contribution in [3.05, 3.63) is 40.3 Å². The number of aryl methyl sites for hydroxylation is 1. The largest absolute Gasteiger partial charge is 0.330 e. The number of urea groups is 1. The smallest absolute Gasteiger partial charge is 0.318 e. The van der Waals surface area contributed by atoms with Gasteiger partial charge in [0, 0.05) is 24.7 Å². The summed E-state index contributed by atoms with van der Waals surface area (Å²) in [5.41, 5.74) is 1.11. The summed E-state index contributed by atoms with van der Waals surface area (Å²) in [6.07, 6.45) is 5.93. The van der Waals surface area contributed by atoms with Gasteiger partial charge in [0.2, 0.25) is 0 Å². The van der Waals surface area contributed by atoms with Gasteiger partial charge in [-0.3, -0.25) is 4.68 Å². The fourth-order valence-electron chi connectivity index (χ4n) is 3.29.